The van der Waals surface area contributed by atoms with Crippen molar-refractivity contribution in [1.29, 1.82) is 0 Å². The van der Waals surface area contributed by atoms with Crippen molar-refractivity contribution < 1.29 is 14.3 Å². The summed E-state index contributed by atoms with van der Waals surface area (Å²) in [5.41, 5.74) is 3.18. The highest BCUT2D eigenvalue weighted by molar-refractivity contribution is 7.15. The molecule has 0 saturated carbocycles. The van der Waals surface area contributed by atoms with Crippen molar-refractivity contribution in [1.82, 2.24) is 10.3 Å². The number of aryl methyl sites for hydroxylation is 1. The van der Waals surface area contributed by atoms with Gasteiger partial charge in [0.1, 0.15) is 10.8 Å². The zero-order chi connectivity index (χ0) is 22.3. The van der Waals surface area contributed by atoms with Crippen molar-refractivity contribution in [3.05, 3.63) is 107 Å². The van der Waals surface area contributed by atoms with Crippen LogP contribution < -0.4 is 10.1 Å². The Kier molecular flexibility index (Phi) is 6.72. The van der Waals surface area contributed by atoms with E-state index in [9.17, 15) is 9.59 Å². The van der Waals surface area contributed by atoms with Gasteiger partial charge in [0.15, 0.2) is 12.4 Å². The number of amides is 1. The van der Waals surface area contributed by atoms with E-state index in [0.717, 1.165) is 21.1 Å². The summed E-state index contributed by atoms with van der Waals surface area (Å²) in [6.07, 6.45) is 0. The lowest BCUT2D eigenvalue weighted by Crippen LogP contribution is -2.28. The molecular formula is C26H22N2O3S. The molecular weight excluding hydrogens is 420 g/mol. The number of hydrogen-bond acceptors (Lipinski definition) is 5. The molecule has 0 radical (unpaired) electrons. The van der Waals surface area contributed by atoms with Crippen LogP contribution in [0, 0.1) is 6.92 Å². The van der Waals surface area contributed by atoms with Crippen LogP contribution >= 0.6 is 11.3 Å². The molecule has 4 rings (SSSR count). The maximum atomic E-state index is 12.5. The molecule has 4 aromatic rings. The highest BCUT2D eigenvalue weighted by atomic mass is 32.1. The zero-order valence-corrected chi connectivity index (χ0v) is 18.4. The van der Waals surface area contributed by atoms with Crippen LogP contribution in [0.25, 0.3) is 10.6 Å². The fraction of sp³-hybridized carbons (Fsp3) is 0.115. The number of thiazole rings is 1. The topological polar surface area (TPSA) is 68.3 Å². The second kappa shape index (κ2) is 10.0. The standard InChI is InChI=1S/C26H22N2O3S/c1-18-23(32-26(28-18)21-10-6-3-7-11-21)16-27-24(29)17-31-22-14-12-20(13-15-22)25(30)19-8-4-2-5-9-19/h2-15H,16-17H2,1H3,(H,27,29). The van der Waals surface area contributed by atoms with Crippen LogP contribution in [0.5, 0.6) is 5.75 Å². The fourth-order valence-electron chi connectivity index (χ4n) is 3.13. The van der Waals surface area contributed by atoms with Crippen molar-refractivity contribution in [3.63, 3.8) is 0 Å². The molecule has 0 saturated heterocycles. The number of hydrogen-bond donors (Lipinski definition) is 1. The number of nitrogens with one attached hydrogen (secondary N) is 1. The quantitative estimate of drug-likeness (QED) is 0.388. The van der Waals surface area contributed by atoms with Gasteiger partial charge in [0, 0.05) is 21.6 Å². The third-order valence-corrected chi connectivity index (χ3v) is 6.09. The summed E-state index contributed by atoms with van der Waals surface area (Å²) in [5.74, 6) is 0.262. The SMILES string of the molecule is Cc1nc(-c2ccccc2)sc1CNC(=O)COc1ccc(C(=O)c2ccccc2)cc1. The second-order valence-electron chi connectivity index (χ2n) is 7.18. The molecule has 0 unspecified atom stereocenters. The number of ether oxygens (including phenoxy) is 1. The summed E-state index contributed by atoms with van der Waals surface area (Å²) >= 11 is 1.57. The number of carbonyl (C=O) groups excluding carboxylic acids is 2. The maximum absolute atomic E-state index is 12.5. The lowest BCUT2D eigenvalue weighted by atomic mass is 10.0. The number of aromatic nitrogens is 1. The highest BCUT2D eigenvalue weighted by Crippen LogP contribution is 2.27. The van der Waals surface area contributed by atoms with Gasteiger partial charge in [-0.1, -0.05) is 60.7 Å². The number of ketones is 1. The molecule has 1 heterocycles. The Morgan fingerprint density at radius 1 is 0.875 bits per heavy atom. The summed E-state index contributed by atoms with van der Waals surface area (Å²) < 4.78 is 5.57. The van der Waals surface area contributed by atoms with Crippen LogP contribution in [0.4, 0.5) is 0 Å². The van der Waals surface area contributed by atoms with Gasteiger partial charge in [0.05, 0.1) is 12.2 Å². The zero-order valence-electron chi connectivity index (χ0n) is 17.6. The summed E-state index contributed by atoms with van der Waals surface area (Å²) in [6, 6.07) is 25.9. The Labute approximate surface area is 190 Å². The third kappa shape index (κ3) is 5.28. The predicted octanol–water partition coefficient (Wildman–Crippen LogP) is 5.04. The molecule has 0 aliphatic rings. The van der Waals surface area contributed by atoms with Crippen LogP contribution in [-0.4, -0.2) is 23.3 Å². The van der Waals surface area contributed by atoms with Crippen LogP contribution in [0.1, 0.15) is 26.5 Å². The first-order valence-corrected chi connectivity index (χ1v) is 11.0. The minimum atomic E-state index is -0.219. The molecule has 160 valence electrons. The van der Waals surface area contributed by atoms with Gasteiger partial charge >= 0.3 is 0 Å². The van der Waals surface area contributed by atoms with Gasteiger partial charge in [-0.05, 0) is 31.2 Å². The molecule has 1 aromatic heterocycles. The van der Waals surface area contributed by atoms with E-state index in [-0.39, 0.29) is 18.3 Å². The molecule has 0 fully saturated rings. The van der Waals surface area contributed by atoms with Crippen molar-refractivity contribution in [2.24, 2.45) is 0 Å². The Bertz CT molecular complexity index is 1200. The molecule has 1 amide bonds. The van der Waals surface area contributed by atoms with Gasteiger partial charge in [-0.15, -0.1) is 11.3 Å². The van der Waals surface area contributed by atoms with Gasteiger partial charge < -0.3 is 10.1 Å². The number of carbonyl (C=O) groups is 2. The molecule has 5 nitrogen and oxygen atoms in total. The second-order valence-corrected chi connectivity index (χ2v) is 8.26. The molecule has 0 aliphatic heterocycles. The first-order valence-electron chi connectivity index (χ1n) is 10.2. The van der Waals surface area contributed by atoms with Gasteiger partial charge in [-0.2, -0.15) is 0 Å². The number of rotatable bonds is 8. The van der Waals surface area contributed by atoms with Crippen molar-refractivity contribution >= 4 is 23.0 Å². The van der Waals surface area contributed by atoms with Crippen LogP contribution in [0.2, 0.25) is 0 Å². The summed E-state index contributed by atoms with van der Waals surface area (Å²) in [6.45, 7) is 2.25. The van der Waals surface area contributed by atoms with Crippen LogP contribution in [0.15, 0.2) is 84.9 Å². The summed E-state index contributed by atoms with van der Waals surface area (Å²) in [4.78, 5) is 30.3. The van der Waals surface area contributed by atoms with Gasteiger partial charge in [-0.25, -0.2) is 4.98 Å². The number of nitrogens with zero attached hydrogens (tertiary/aromatic N) is 1. The lowest BCUT2D eigenvalue weighted by Gasteiger charge is -2.08. The van der Waals surface area contributed by atoms with Crippen LogP contribution in [-0.2, 0) is 11.3 Å². The Balaban J connectivity index is 1.28. The predicted molar refractivity (Wildman–Crippen MR) is 126 cm³/mol. The van der Waals surface area contributed by atoms with Gasteiger partial charge in [0.2, 0.25) is 0 Å². The van der Waals surface area contributed by atoms with Crippen LogP contribution in [0.3, 0.4) is 0 Å². The van der Waals surface area contributed by atoms with E-state index >= 15 is 0 Å². The molecule has 1 N–H and O–H groups in total. The Morgan fingerprint density at radius 3 is 2.19 bits per heavy atom. The van der Waals surface area contributed by atoms with E-state index in [1.807, 2.05) is 55.5 Å². The maximum Gasteiger partial charge on any atom is 0.258 e. The average Bonchev–Trinajstić information content (AvgIpc) is 3.23. The first kappa shape index (κ1) is 21.5. The van der Waals surface area contributed by atoms with E-state index in [4.69, 9.17) is 4.74 Å². The molecule has 0 aliphatic carbocycles. The largest absolute Gasteiger partial charge is 0.484 e. The smallest absolute Gasteiger partial charge is 0.258 e. The Hall–Kier alpha value is -3.77. The summed E-state index contributed by atoms with van der Waals surface area (Å²) in [5, 5.41) is 3.82. The van der Waals surface area contributed by atoms with E-state index in [1.54, 1.807) is 47.7 Å². The average molecular weight is 443 g/mol. The molecule has 0 spiro atoms. The van der Waals surface area contributed by atoms with Crippen molar-refractivity contribution in [2.45, 2.75) is 13.5 Å². The number of benzene rings is 3. The van der Waals surface area contributed by atoms with E-state index in [1.165, 1.54) is 0 Å². The summed E-state index contributed by atoms with van der Waals surface area (Å²) in [7, 11) is 0. The minimum Gasteiger partial charge on any atom is -0.484 e. The van der Waals surface area contributed by atoms with Gasteiger partial charge in [-0.3, -0.25) is 9.59 Å². The molecule has 6 heteroatoms. The molecule has 3 aromatic carbocycles. The normalized spacial score (nSPS) is 10.5. The highest BCUT2D eigenvalue weighted by Gasteiger charge is 2.12. The van der Waals surface area contributed by atoms with Gasteiger partial charge in [0.25, 0.3) is 5.91 Å². The fourth-order valence-corrected chi connectivity index (χ4v) is 4.14. The van der Waals surface area contributed by atoms with Crippen molar-refractivity contribution in [3.8, 4) is 16.3 Å². The molecule has 32 heavy (non-hydrogen) atoms. The first-order chi connectivity index (χ1) is 15.6. The monoisotopic (exact) mass is 442 g/mol. The lowest BCUT2D eigenvalue weighted by molar-refractivity contribution is -0.123. The van der Waals surface area contributed by atoms with E-state index < -0.39 is 0 Å². The van der Waals surface area contributed by atoms with E-state index in [0.29, 0.717) is 23.4 Å². The molecule has 0 atom stereocenters. The minimum absolute atomic E-state index is 0.0512. The van der Waals surface area contributed by atoms with Crippen molar-refractivity contribution in [2.75, 3.05) is 6.61 Å². The Morgan fingerprint density at radius 2 is 1.50 bits per heavy atom. The molecule has 0 bridgehead atoms. The van der Waals surface area contributed by atoms with E-state index in [2.05, 4.69) is 10.3 Å². The third-order valence-electron chi connectivity index (χ3n) is 4.88.